The van der Waals surface area contributed by atoms with Gasteiger partial charge in [-0.2, -0.15) is 0 Å². The first kappa shape index (κ1) is 16.0. The topological polar surface area (TPSA) is 73.3 Å². The molecule has 0 saturated carbocycles. The summed E-state index contributed by atoms with van der Waals surface area (Å²) in [6.45, 7) is 8.59. The molecule has 1 unspecified atom stereocenters. The third kappa shape index (κ3) is 4.82. The number of hydrogen-bond acceptors (Lipinski definition) is 4. The van der Waals surface area contributed by atoms with E-state index in [1.165, 1.54) is 11.1 Å². The molecule has 5 N–H and O–H groups in total. The summed E-state index contributed by atoms with van der Waals surface area (Å²) in [7, 11) is 1.71. The molecule has 108 valence electrons. The molecule has 4 nitrogen and oxygen atoms in total. The molecular formula is C15H27N3O. The van der Waals surface area contributed by atoms with Crippen LogP contribution in [-0.2, 0) is 12.0 Å². The summed E-state index contributed by atoms with van der Waals surface area (Å²) in [5, 5.41) is 3.32. The van der Waals surface area contributed by atoms with E-state index in [-0.39, 0.29) is 11.5 Å². The van der Waals surface area contributed by atoms with Crippen LogP contribution in [0.1, 0.15) is 31.9 Å². The van der Waals surface area contributed by atoms with Gasteiger partial charge in [0.1, 0.15) is 5.75 Å². The summed E-state index contributed by atoms with van der Waals surface area (Å²) in [4.78, 5) is 0. The Labute approximate surface area is 116 Å². The molecule has 19 heavy (non-hydrogen) atoms. The van der Waals surface area contributed by atoms with Gasteiger partial charge in [0, 0.05) is 25.7 Å². The third-order valence-electron chi connectivity index (χ3n) is 3.11. The molecule has 0 amide bonds. The van der Waals surface area contributed by atoms with E-state index in [0.717, 1.165) is 18.8 Å². The van der Waals surface area contributed by atoms with Crippen molar-refractivity contribution in [1.82, 2.24) is 5.32 Å². The van der Waals surface area contributed by atoms with Crippen LogP contribution in [0.5, 0.6) is 5.75 Å². The highest BCUT2D eigenvalue weighted by Gasteiger charge is 2.19. The Morgan fingerprint density at radius 2 is 2.00 bits per heavy atom. The maximum Gasteiger partial charge on any atom is 0.122 e. The van der Waals surface area contributed by atoms with Gasteiger partial charge in [-0.1, -0.05) is 32.9 Å². The Balaban J connectivity index is 2.76. The van der Waals surface area contributed by atoms with Crippen LogP contribution in [-0.4, -0.2) is 26.2 Å². The van der Waals surface area contributed by atoms with E-state index in [9.17, 15) is 0 Å². The van der Waals surface area contributed by atoms with Crippen molar-refractivity contribution >= 4 is 0 Å². The zero-order valence-corrected chi connectivity index (χ0v) is 12.5. The van der Waals surface area contributed by atoms with Gasteiger partial charge in [0.05, 0.1) is 7.11 Å². The van der Waals surface area contributed by atoms with Crippen LogP contribution in [0.2, 0.25) is 0 Å². The molecule has 1 aromatic carbocycles. The molecule has 0 aromatic heterocycles. The van der Waals surface area contributed by atoms with E-state index in [1.807, 2.05) is 6.07 Å². The molecule has 0 aliphatic heterocycles. The fraction of sp³-hybridized carbons (Fsp3) is 0.600. The van der Waals surface area contributed by atoms with Crippen molar-refractivity contribution in [3.63, 3.8) is 0 Å². The van der Waals surface area contributed by atoms with Crippen LogP contribution < -0.4 is 21.5 Å². The first-order valence-electron chi connectivity index (χ1n) is 6.72. The monoisotopic (exact) mass is 265 g/mol. The van der Waals surface area contributed by atoms with Gasteiger partial charge in [-0.15, -0.1) is 0 Å². The SMILES string of the molecule is COc1ccc(CNCC(N)CN)cc1C(C)(C)C. The highest BCUT2D eigenvalue weighted by Crippen LogP contribution is 2.31. The summed E-state index contributed by atoms with van der Waals surface area (Å²) >= 11 is 0. The summed E-state index contributed by atoms with van der Waals surface area (Å²) in [5.74, 6) is 0.940. The second-order valence-electron chi connectivity index (χ2n) is 5.91. The molecule has 0 fully saturated rings. The van der Waals surface area contributed by atoms with E-state index < -0.39 is 0 Å². The number of hydrogen-bond donors (Lipinski definition) is 3. The van der Waals surface area contributed by atoms with Gasteiger partial charge in [0.15, 0.2) is 0 Å². The first-order valence-corrected chi connectivity index (χ1v) is 6.72. The lowest BCUT2D eigenvalue weighted by atomic mass is 9.85. The van der Waals surface area contributed by atoms with Crippen LogP contribution >= 0.6 is 0 Å². The second-order valence-corrected chi connectivity index (χ2v) is 5.91. The van der Waals surface area contributed by atoms with Crippen molar-refractivity contribution in [3.8, 4) is 5.75 Å². The lowest BCUT2D eigenvalue weighted by molar-refractivity contribution is 0.397. The zero-order valence-electron chi connectivity index (χ0n) is 12.5. The van der Waals surface area contributed by atoms with Crippen molar-refractivity contribution in [1.29, 1.82) is 0 Å². The lowest BCUT2D eigenvalue weighted by Gasteiger charge is -2.23. The number of rotatable bonds is 6. The van der Waals surface area contributed by atoms with E-state index >= 15 is 0 Å². The average Bonchev–Trinajstić information content (AvgIpc) is 2.37. The van der Waals surface area contributed by atoms with Gasteiger partial charge in [-0.25, -0.2) is 0 Å². The van der Waals surface area contributed by atoms with E-state index in [0.29, 0.717) is 6.54 Å². The summed E-state index contributed by atoms with van der Waals surface area (Å²) in [6.07, 6.45) is 0. The molecule has 0 saturated heterocycles. The third-order valence-corrected chi connectivity index (χ3v) is 3.11. The van der Waals surface area contributed by atoms with E-state index in [2.05, 4.69) is 38.2 Å². The van der Waals surface area contributed by atoms with Gasteiger partial charge in [-0.05, 0) is 22.6 Å². The van der Waals surface area contributed by atoms with Crippen LogP contribution in [0, 0.1) is 0 Å². The minimum atomic E-state index is 0.0142. The highest BCUT2D eigenvalue weighted by molar-refractivity contribution is 5.41. The summed E-state index contributed by atoms with van der Waals surface area (Å²) in [5.41, 5.74) is 13.8. The summed E-state index contributed by atoms with van der Waals surface area (Å²) < 4.78 is 5.43. The zero-order chi connectivity index (χ0) is 14.5. The fourth-order valence-electron chi connectivity index (χ4n) is 1.94. The predicted molar refractivity (Wildman–Crippen MR) is 80.4 cm³/mol. The van der Waals surface area contributed by atoms with Crippen molar-refractivity contribution in [2.75, 3.05) is 20.2 Å². The number of benzene rings is 1. The number of methoxy groups -OCH3 is 1. The minimum absolute atomic E-state index is 0.0142. The Bertz CT molecular complexity index is 399. The first-order chi connectivity index (χ1) is 8.88. The predicted octanol–water partition coefficient (Wildman–Crippen LogP) is 1.37. The molecule has 4 heteroatoms. The normalized spacial score (nSPS) is 13.4. The molecular weight excluding hydrogens is 238 g/mol. The second kappa shape index (κ2) is 6.89. The standard InChI is InChI=1S/C15H27N3O/c1-15(2,3)13-7-11(5-6-14(13)19-4)9-18-10-12(17)8-16/h5-7,12,18H,8-10,16-17H2,1-4H3. The lowest BCUT2D eigenvalue weighted by Crippen LogP contribution is -2.39. The number of nitrogens with one attached hydrogen (secondary N) is 1. The van der Waals surface area contributed by atoms with Crippen LogP contribution in [0.4, 0.5) is 0 Å². The molecule has 0 heterocycles. The van der Waals surface area contributed by atoms with Crippen molar-refractivity contribution < 1.29 is 4.74 Å². The van der Waals surface area contributed by atoms with Crippen LogP contribution in [0.25, 0.3) is 0 Å². The molecule has 0 aliphatic rings. The van der Waals surface area contributed by atoms with Gasteiger partial charge in [-0.3, -0.25) is 0 Å². The Morgan fingerprint density at radius 1 is 1.32 bits per heavy atom. The van der Waals surface area contributed by atoms with Gasteiger partial charge in [0.25, 0.3) is 0 Å². The van der Waals surface area contributed by atoms with E-state index in [4.69, 9.17) is 16.2 Å². The van der Waals surface area contributed by atoms with Crippen LogP contribution in [0.15, 0.2) is 18.2 Å². The molecule has 0 aliphatic carbocycles. The van der Waals surface area contributed by atoms with Gasteiger partial charge < -0.3 is 21.5 Å². The van der Waals surface area contributed by atoms with Crippen LogP contribution in [0.3, 0.4) is 0 Å². The largest absolute Gasteiger partial charge is 0.496 e. The highest BCUT2D eigenvalue weighted by atomic mass is 16.5. The molecule has 0 spiro atoms. The van der Waals surface area contributed by atoms with Crippen molar-refractivity contribution in [2.24, 2.45) is 11.5 Å². The maximum absolute atomic E-state index is 5.77. The quantitative estimate of drug-likeness (QED) is 0.726. The number of nitrogens with two attached hydrogens (primary N) is 2. The number of ether oxygens (including phenoxy) is 1. The van der Waals surface area contributed by atoms with E-state index in [1.54, 1.807) is 7.11 Å². The average molecular weight is 265 g/mol. The smallest absolute Gasteiger partial charge is 0.122 e. The van der Waals surface area contributed by atoms with Gasteiger partial charge >= 0.3 is 0 Å². The molecule has 1 aromatic rings. The minimum Gasteiger partial charge on any atom is -0.496 e. The Kier molecular flexibility index (Phi) is 5.79. The molecule has 0 radical (unpaired) electrons. The molecule has 1 rings (SSSR count). The van der Waals surface area contributed by atoms with Crippen molar-refractivity contribution in [3.05, 3.63) is 29.3 Å². The molecule has 1 atom stereocenters. The Hall–Kier alpha value is -1.10. The summed E-state index contributed by atoms with van der Waals surface area (Å²) in [6, 6.07) is 6.32. The Morgan fingerprint density at radius 3 is 2.53 bits per heavy atom. The fourth-order valence-corrected chi connectivity index (χ4v) is 1.94. The van der Waals surface area contributed by atoms with Gasteiger partial charge in [0.2, 0.25) is 0 Å². The van der Waals surface area contributed by atoms with Crippen molar-refractivity contribution in [2.45, 2.75) is 38.8 Å². The molecule has 0 bridgehead atoms. The maximum atomic E-state index is 5.77.